The van der Waals surface area contributed by atoms with E-state index in [1.54, 1.807) is 4.90 Å². The molecule has 28 heavy (non-hydrogen) atoms. The second-order valence-corrected chi connectivity index (χ2v) is 10.4. The van der Waals surface area contributed by atoms with Crippen LogP contribution in [-0.4, -0.2) is 85.1 Å². The fourth-order valence-corrected chi connectivity index (χ4v) is 6.07. The Morgan fingerprint density at radius 1 is 1.04 bits per heavy atom. The minimum Gasteiger partial charge on any atom is -0.373 e. The van der Waals surface area contributed by atoms with Crippen molar-refractivity contribution in [2.24, 2.45) is 0 Å². The maximum atomic E-state index is 12.9. The Labute approximate surface area is 172 Å². The van der Waals surface area contributed by atoms with E-state index < -0.39 is 10.2 Å². The van der Waals surface area contributed by atoms with Crippen molar-refractivity contribution >= 4 is 27.9 Å². The van der Waals surface area contributed by atoms with Crippen LogP contribution < -0.4 is 0 Å². The Morgan fingerprint density at radius 2 is 1.61 bits per heavy atom. The summed E-state index contributed by atoms with van der Waals surface area (Å²) in [6.07, 6.45) is -0.222. The topological polar surface area (TPSA) is 70.2 Å². The monoisotopic (exact) mass is 427 g/mol. The zero-order chi connectivity index (χ0) is 20.3. The Kier molecular flexibility index (Phi) is 7.03. The number of aryl methyl sites for hydroxylation is 1. The van der Waals surface area contributed by atoms with Gasteiger partial charge < -0.3 is 9.64 Å². The summed E-state index contributed by atoms with van der Waals surface area (Å²) in [6, 6.07) is 8.10. The second-order valence-electron chi connectivity index (χ2n) is 7.46. The molecule has 0 radical (unpaired) electrons. The van der Waals surface area contributed by atoms with Gasteiger partial charge in [-0.25, -0.2) is 0 Å². The molecule has 1 aromatic carbocycles. The first kappa shape index (κ1) is 21.6. The van der Waals surface area contributed by atoms with E-state index in [4.69, 9.17) is 4.74 Å². The Hall–Kier alpha value is -1.13. The van der Waals surface area contributed by atoms with Gasteiger partial charge in [-0.15, -0.1) is 11.8 Å². The standard InChI is InChI=1S/C19H29N3O4S2/c1-15-4-6-18(7-5-15)27-14-19(23)20-8-10-21(11-9-20)28(24,25)22-12-16(2)26-17(3)13-22/h4-7,16-17H,8-14H2,1-3H3/t16-,17-/m1/s1. The van der Waals surface area contributed by atoms with Crippen LogP contribution in [0.4, 0.5) is 0 Å². The first-order valence-electron chi connectivity index (χ1n) is 9.63. The summed E-state index contributed by atoms with van der Waals surface area (Å²) in [5, 5.41) is 0. The third-order valence-electron chi connectivity index (χ3n) is 5.01. The molecule has 0 N–H and O–H groups in total. The summed E-state index contributed by atoms with van der Waals surface area (Å²) < 4.78 is 34.5. The van der Waals surface area contributed by atoms with Gasteiger partial charge in [0.25, 0.3) is 10.2 Å². The van der Waals surface area contributed by atoms with Crippen molar-refractivity contribution in [1.29, 1.82) is 0 Å². The average Bonchev–Trinajstić information content (AvgIpc) is 2.66. The summed E-state index contributed by atoms with van der Waals surface area (Å²) >= 11 is 1.52. The number of benzene rings is 1. The number of hydrogen-bond acceptors (Lipinski definition) is 5. The van der Waals surface area contributed by atoms with E-state index in [1.807, 2.05) is 45.0 Å². The Bertz CT molecular complexity index is 767. The van der Waals surface area contributed by atoms with Gasteiger partial charge in [-0.1, -0.05) is 17.7 Å². The van der Waals surface area contributed by atoms with Gasteiger partial charge in [-0.2, -0.15) is 17.0 Å². The van der Waals surface area contributed by atoms with Gasteiger partial charge in [0.1, 0.15) is 0 Å². The van der Waals surface area contributed by atoms with E-state index >= 15 is 0 Å². The van der Waals surface area contributed by atoms with Crippen molar-refractivity contribution in [1.82, 2.24) is 13.5 Å². The van der Waals surface area contributed by atoms with Crippen LogP contribution >= 0.6 is 11.8 Å². The zero-order valence-corrected chi connectivity index (χ0v) is 18.3. The smallest absolute Gasteiger partial charge is 0.282 e. The average molecular weight is 428 g/mol. The number of carbonyl (C=O) groups excluding carboxylic acids is 1. The van der Waals surface area contributed by atoms with Crippen LogP contribution in [0.3, 0.4) is 0 Å². The highest BCUT2D eigenvalue weighted by Gasteiger charge is 2.37. The molecular formula is C19H29N3O4S2. The molecule has 2 heterocycles. The van der Waals surface area contributed by atoms with E-state index in [9.17, 15) is 13.2 Å². The van der Waals surface area contributed by atoms with Crippen LogP contribution in [0.15, 0.2) is 29.2 Å². The quantitative estimate of drug-likeness (QED) is 0.668. The molecule has 0 saturated carbocycles. The molecule has 0 unspecified atom stereocenters. The third-order valence-corrected chi connectivity index (χ3v) is 7.98. The van der Waals surface area contributed by atoms with E-state index in [0.29, 0.717) is 45.0 Å². The molecule has 2 saturated heterocycles. The number of morpholine rings is 1. The molecule has 1 aromatic rings. The molecule has 2 aliphatic rings. The molecule has 3 rings (SSSR count). The van der Waals surface area contributed by atoms with Crippen molar-refractivity contribution in [3.05, 3.63) is 29.8 Å². The lowest BCUT2D eigenvalue weighted by molar-refractivity contribution is -0.129. The van der Waals surface area contributed by atoms with Crippen LogP contribution in [-0.2, 0) is 19.7 Å². The molecule has 2 atom stereocenters. The number of piperazine rings is 1. The number of ether oxygens (including phenoxy) is 1. The van der Waals surface area contributed by atoms with Crippen molar-refractivity contribution in [3.8, 4) is 0 Å². The number of thioether (sulfide) groups is 1. The van der Waals surface area contributed by atoms with Gasteiger partial charge in [0.05, 0.1) is 18.0 Å². The molecule has 0 bridgehead atoms. The highest BCUT2D eigenvalue weighted by Crippen LogP contribution is 2.21. The van der Waals surface area contributed by atoms with Crippen LogP contribution in [0, 0.1) is 6.92 Å². The van der Waals surface area contributed by atoms with Gasteiger partial charge in [0, 0.05) is 44.2 Å². The minimum absolute atomic E-state index is 0.0521. The molecule has 2 aliphatic heterocycles. The molecule has 0 spiro atoms. The van der Waals surface area contributed by atoms with E-state index in [2.05, 4.69) is 0 Å². The van der Waals surface area contributed by atoms with Crippen LogP contribution in [0.2, 0.25) is 0 Å². The van der Waals surface area contributed by atoms with E-state index in [-0.39, 0.29) is 18.1 Å². The predicted molar refractivity (Wildman–Crippen MR) is 111 cm³/mol. The lowest BCUT2D eigenvalue weighted by atomic mass is 10.2. The molecule has 0 aromatic heterocycles. The van der Waals surface area contributed by atoms with Gasteiger partial charge in [-0.05, 0) is 32.9 Å². The van der Waals surface area contributed by atoms with Crippen molar-refractivity contribution < 1.29 is 17.9 Å². The molecule has 7 nitrogen and oxygen atoms in total. The molecule has 0 aliphatic carbocycles. The fourth-order valence-electron chi connectivity index (χ4n) is 3.52. The van der Waals surface area contributed by atoms with E-state index in [0.717, 1.165) is 4.90 Å². The zero-order valence-electron chi connectivity index (χ0n) is 16.7. The molecular weight excluding hydrogens is 398 g/mol. The van der Waals surface area contributed by atoms with E-state index in [1.165, 1.54) is 25.9 Å². The summed E-state index contributed by atoms with van der Waals surface area (Å²) in [5.74, 6) is 0.421. The van der Waals surface area contributed by atoms with Crippen molar-refractivity contribution in [2.45, 2.75) is 37.9 Å². The number of carbonyl (C=O) groups is 1. The van der Waals surface area contributed by atoms with Crippen LogP contribution in [0.5, 0.6) is 0 Å². The lowest BCUT2D eigenvalue weighted by Gasteiger charge is -2.40. The number of amides is 1. The third kappa shape index (κ3) is 5.27. The Balaban J connectivity index is 1.50. The number of rotatable bonds is 5. The normalized spacial score (nSPS) is 25.0. The highest BCUT2D eigenvalue weighted by atomic mass is 32.2. The largest absolute Gasteiger partial charge is 0.373 e. The minimum atomic E-state index is -3.52. The molecule has 2 fully saturated rings. The lowest BCUT2D eigenvalue weighted by Crippen LogP contribution is -2.57. The van der Waals surface area contributed by atoms with Gasteiger partial charge in [0.15, 0.2) is 0 Å². The summed E-state index contributed by atoms with van der Waals surface area (Å²) in [7, 11) is -3.52. The maximum Gasteiger partial charge on any atom is 0.282 e. The SMILES string of the molecule is Cc1ccc(SCC(=O)N2CCN(S(=O)(=O)N3C[C@@H](C)O[C@H](C)C3)CC2)cc1. The van der Waals surface area contributed by atoms with Gasteiger partial charge in [0.2, 0.25) is 5.91 Å². The molecule has 1 amide bonds. The second kappa shape index (κ2) is 9.13. The summed E-state index contributed by atoms with van der Waals surface area (Å²) in [6.45, 7) is 8.10. The first-order valence-corrected chi connectivity index (χ1v) is 12.0. The van der Waals surface area contributed by atoms with Crippen molar-refractivity contribution in [3.63, 3.8) is 0 Å². The van der Waals surface area contributed by atoms with Crippen molar-refractivity contribution in [2.75, 3.05) is 45.0 Å². The maximum absolute atomic E-state index is 12.9. The molecule has 9 heteroatoms. The van der Waals surface area contributed by atoms with Gasteiger partial charge in [-0.3, -0.25) is 4.79 Å². The summed E-state index contributed by atoms with van der Waals surface area (Å²) in [5.41, 5.74) is 1.19. The van der Waals surface area contributed by atoms with Gasteiger partial charge >= 0.3 is 0 Å². The fraction of sp³-hybridized carbons (Fsp3) is 0.632. The van der Waals surface area contributed by atoms with Crippen LogP contribution in [0.1, 0.15) is 19.4 Å². The number of hydrogen-bond donors (Lipinski definition) is 0. The predicted octanol–water partition coefficient (Wildman–Crippen LogP) is 1.59. The Morgan fingerprint density at radius 3 is 2.18 bits per heavy atom. The van der Waals surface area contributed by atoms with Crippen LogP contribution in [0.25, 0.3) is 0 Å². The first-order chi connectivity index (χ1) is 13.3. The highest BCUT2D eigenvalue weighted by molar-refractivity contribution is 8.00. The number of nitrogens with zero attached hydrogens (tertiary/aromatic N) is 3. The molecule has 156 valence electrons. The summed E-state index contributed by atoms with van der Waals surface area (Å²) in [4.78, 5) is 15.3.